The first kappa shape index (κ1) is 15.5. The van der Waals surface area contributed by atoms with Crippen LogP contribution in [-0.2, 0) is 6.42 Å². The van der Waals surface area contributed by atoms with Gasteiger partial charge in [-0.15, -0.1) is 0 Å². The second kappa shape index (κ2) is 6.15. The molecule has 0 unspecified atom stereocenters. The van der Waals surface area contributed by atoms with Crippen molar-refractivity contribution in [3.63, 3.8) is 0 Å². The first-order valence-corrected chi connectivity index (χ1v) is 8.69. The van der Waals surface area contributed by atoms with Crippen LogP contribution in [0.25, 0.3) is 0 Å². The molecule has 5 heteroatoms. The van der Waals surface area contributed by atoms with E-state index in [-0.39, 0.29) is 12.1 Å². The summed E-state index contributed by atoms with van der Waals surface area (Å²) < 4.78 is 0. The van der Waals surface area contributed by atoms with Gasteiger partial charge in [-0.1, -0.05) is 24.3 Å². The van der Waals surface area contributed by atoms with Gasteiger partial charge >= 0.3 is 0 Å². The standard InChI is InChI=1S/C19H24N4O/c1-13-11-18(21-14(2)20-13)23-9-7-22(8-10-23)17-12-15-5-3-4-6-16(15)19(17)24/h3-6,11,17,19,24H,7-10,12H2,1-2H3/t17-,19-/m0/s1. The number of aliphatic hydroxyl groups is 1. The van der Waals surface area contributed by atoms with Crippen LogP contribution in [0.2, 0.25) is 0 Å². The summed E-state index contributed by atoms with van der Waals surface area (Å²) in [5, 5.41) is 10.7. The van der Waals surface area contributed by atoms with Gasteiger partial charge in [0.2, 0.25) is 0 Å². The molecule has 0 bridgehead atoms. The number of fused-ring (bicyclic) bond motifs is 1. The lowest BCUT2D eigenvalue weighted by atomic mass is 10.1. The van der Waals surface area contributed by atoms with Crippen LogP contribution in [0.5, 0.6) is 0 Å². The molecule has 1 aromatic heterocycles. The lowest BCUT2D eigenvalue weighted by molar-refractivity contribution is 0.0571. The zero-order valence-corrected chi connectivity index (χ0v) is 14.3. The molecule has 5 nitrogen and oxygen atoms in total. The molecule has 2 atom stereocenters. The van der Waals surface area contributed by atoms with Crippen LogP contribution in [0.15, 0.2) is 30.3 Å². The van der Waals surface area contributed by atoms with Crippen molar-refractivity contribution in [1.29, 1.82) is 0 Å². The molecule has 2 heterocycles. The summed E-state index contributed by atoms with van der Waals surface area (Å²) >= 11 is 0. The van der Waals surface area contributed by atoms with Crippen LogP contribution in [0.4, 0.5) is 5.82 Å². The molecule has 1 aliphatic heterocycles. The second-order valence-corrected chi connectivity index (χ2v) is 6.85. The van der Waals surface area contributed by atoms with Gasteiger partial charge in [0, 0.05) is 44.0 Å². The quantitative estimate of drug-likeness (QED) is 0.914. The van der Waals surface area contributed by atoms with Gasteiger partial charge < -0.3 is 10.0 Å². The van der Waals surface area contributed by atoms with Gasteiger partial charge in [-0.2, -0.15) is 0 Å². The SMILES string of the molecule is Cc1cc(N2CCN([C@H]3Cc4ccccc4[C@@H]3O)CC2)nc(C)n1. The number of hydrogen-bond donors (Lipinski definition) is 1. The van der Waals surface area contributed by atoms with Gasteiger partial charge in [0.1, 0.15) is 11.6 Å². The Morgan fingerprint density at radius 2 is 1.79 bits per heavy atom. The maximum Gasteiger partial charge on any atom is 0.132 e. The lowest BCUT2D eigenvalue weighted by Gasteiger charge is -2.39. The Labute approximate surface area is 143 Å². The molecule has 1 saturated heterocycles. The molecule has 2 aliphatic rings. The Morgan fingerprint density at radius 3 is 2.50 bits per heavy atom. The fourth-order valence-corrected chi connectivity index (χ4v) is 4.02. The minimum atomic E-state index is -0.365. The smallest absolute Gasteiger partial charge is 0.132 e. The first-order valence-electron chi connectivity index (χ1n) is 8.69. The van der Waals surface area contributed by atoms with E-state index in [9.17, 15) is 5.11 Å². The number of rotatable bonds is 2. The van der Waals surface area contributed by atoms with Gasteiger partial charge in [0.25, 0.3) is 0 Å². The largest absolute Gasteiger partial charge is 0.387 e. The summed E-state index contributed by atoms with van der Waals surface area (Å²) in [5.41, 5.74) is 3.41. The van der Waals surface area contributed by atoms with E-state index in [0.717, 1.165) is 55.5 Å². The Hall–Kier alpha value is -1.98. The minimum absolute atomic E-state index is 0.207. The molecule has 1 aromatic carbocycles. The van der Waals surface area contributed by atoms with Crippen molar-refractivity contribution in [2.24, 2.45) is 0 Å². The molecule has 0 radical (unpaired) electrons. The van der Waals surface area contributed by atoms with E-state index < -0.39 is 0 Å². The minimum Gasteiger partial charge on any atom is -0.387 e. The molecule has 2 aromatic rings. The summed E-state index contributed by atoms with van der Waals surface area (Å²) in [7, 11) is 0. The number of aromatic nitrogens is 2. The summed E-state index contributed by atoms with van der Waals surface area (Å²) in [6.07, 6.45) is 0.583. The Kier molecular flexibility index (Phi) is 3.98. The topological polar surface area (TPSA) is 52.5 Å². The Bertz CT molecular complexity index is 720. The van der Waals surface area contributed by atoms with Crippen LogP contribution in [0, 0.1) is 13.8 Å². The highest BCUT2D eigenvalue weighted by atomic mass is 16.3. The number of aryl methyl sites for hydroxylation is 2. The summed E-state index contributed by atoms with van der Waals surface area (Å²) in [5.74, 6) is 1.85. The van der Waals surface area contributed by atoms with Crippen molar-refractivity contribution >= 4 is 5.82 Å². The molecule has 0 saturated carbocycles. The highest BCUT2D eigenvalue weighted by Gasteiger charge is 2.36. The van der Waals surface area contributed by atoms with Crippen molar-refractivity contribution in [3.05, 3.63) is 53.0 Å². The second-order valence-electron chi connectivity index (χ2n) is 6.85. The normalized spacial score (nSPS) is 24.2. The maximum absolute atomic E-state index is 10.7. The van der Waals surface area contributed by atoms with Gasteiger partial charge in [-0.3, -0.25) is 4.90 Å². The van der Waals surface area contributed by atoms with Crippen molar-refractivity contribution in [2.75, 3.05) is 31.1 Å². The van der Waals surface area contributed by atoms with Crippen molar-refractivity contribution in [2.45, 2.75) is 32.4 Å². The molecule has 1 aliphatic carbocycles. The Balaban J connectivity index is 1.44. The van der Waals surface area contributed by atoms with Crippen LogP contribution in [0.1, 0.15) is 28.7 Å². The number of anilines is 1. The van der Waals surface area contributed by atoms with Crippen LogP contribution >= 0.6 is 0 Å². The predicted molar refractivity (Wildman–Crippen MR) is 94.2 cm³/mol. The zero-order valence-electron chi connectivity index (χ0n) is 14.3. The average molecular weight is 324 g/mol. The molecule has 0 amide bonds. The highest BCUT2D eigenvalue weighted by Crippen LogP contribution is 2.34. The van der Waals surface area contributed by atoms with Crippen LogP contribution in [0.3, 0.4) is 0 Å². The molecule has 0 spiro atoms. The van der Waals surface area contributed by atoms with E-state index in [4.69, 9.17) is 0 Å². The molecule has 1 N–H and O–H groups in total. The van der Waals surface area contributed by atoms with E-state index in [0.29, 0.717) is 0 Å². The van der Waals surface area contributed by atoms with Crippen molar-refractivity contribution < 1.29 is 5.11 Å². The number of hydrogen-bond acceptors (Lipinski definition) is 5. The molecule has 4 rings (SSSR count). The third-order valence-corrected chi connectivity index (χ3v) is 5.23. The van der Waals surface area contributed by atoms with Gasteiger partial charge in [-0.25, -0.2) is 9.97 Å². The summed E-state index contributed by atoms with van der Waals surface area (Å²) in [6.45, 7) is 7.75. The summed E-state index contributed by atoms with van der Waals surface area (Å²) in [6, 6.07) is 10.5. The fourth-order valence-electron chi connectivity index (χ4n) is 4.02. The predicted octanol–water partition coefficient (Wildman–Crippen LogP) is 1.87. The third kappa shape index (κ3) is 2.78. The first-order chi connectivity index (χ1) is 11.6. The fraction of sp³-hybridized carbons (Fsp3) is 0.474. The van der Waals surface area contributed by atoms with E-state index in [1.165, 1.54) is 5.56 Å². The number of benzene rings is 1. The highest BCUT2D eigenvalue weighted by molar-refractivity contribution is 5.41. The summed E-state index contributed by atoms with van der Waals surface area (Å²) in [4.78, 5) is 13.7. The monoisotopic (exact) mass is 324 g/mol. The van der Waals surface area contributed by atoms with Gasteiger partial charge in [0.15, 0.2) is 0 Å². The van der Waals surface area contributed by atoms with Crippen molar-refractivity contribution in [3.8, 4) is 0 Å². The molecule has 24 heavy (non-hydrogen) atoms. The van der Waals surface area contributed by atoms with E-state index in [1.54, 1.807) is 0 Å². The molecular formula is C19H24N4O. The Morgan fingerprint density at radius 1 is 1.04 bits per heavy atom. The average Bonchev–Trinajstić information content (AvgIpc) is 2.91. The number of aliphatic hydroxyl groups excluding tert-OH is 1. The molecule has 1 fully saturated rings. The zero-order chi connectivity index (χ0) is 16.7. The van der Waals surface area contributed by atoms with Gasteiger partial charge in [0.05, 0.1) is 6.10 Å². The van der Waals surface area contributed by atoms with Crippen molar-refractivity contribution in [1.82, 2.24) is 14.9 Å². The lowest BCUT2D eigenvalue weighted by Crippen LogP contribution is -2.51. The van der Waals surface area contributed by atoms with E-state index in [2.05, 4.69) is 44.0 Å². The van der Waals surface area contributed by atoms with E-state index in [1.807, 2.05) is 19.9 Å². The number of piperazine rings is 1. The third-order valence-electron chi connectivity index (χ3n) is 5.23. The van der Waals surface area contributed by atoms with Gasteiger partial charge in [-0.05, 0) is 31.4 Å². The van der Waals surface area contributed by atoms with Crippen LogP contribution in [-0.4, -0.2) is 52.2 Å². The maximum atomic E-state index is 10.7. The van der Waals surface area contributed by atoms with E-state index >= 15 is 0 Å². The molecular weight excluding hydrogens is 300 g/mol. The molecule has 126 valence electrons. The van der Waals surface area contributed by atoms with Crippen LogP contribution < -0.4 is 4.90 Å². The number of nitrogens with zero attached hydrogens (tertiary/aromatic N) is 4.